The van der Waals surface area contributed by atoms with Crippen LogP contribution >= 0.6 is 0 Å². The van der Waals surface area contributed by atoms with Gasteiger partial charge in [0.15, 0.2) is 0 Å². The molecule has 3 fully saturated rings. The van der Waals surface area contributed by atoms with Gasteiger partial charge in [-0.05, 0) is 30.7 Å². The van der Waals surface area contributed by atoms with Crippen LogP contribution in [0.2, 0.25) is 13.1 Å². The summed E-state index contributed by atoms with van der Waals surface area (Å²) in [5.41, 5.74) is 5.26. The van der Waals surface area contributed by atoms with Crippen molar-refractivity contribution in [2.24, 2.45) is 5.41 Å². The van der Waals surface area contributed by atoms with Crippen LogP contribution in [-0.2, 0) is 20.2 Å². The van der Waals surface area contributed by atoms with Crippen molar-refractivity contribution in [1.82, 2.24) is 0 Å². The Bertz CT molecular complexity index is 558. The lowest BCUT2D eigenvalue weighted by molar-refractivity contribution is -0.480. The maximum atomic E-state index is 5.97. The third kappa shape index (κ3) is 3.00. The molecule has 3 aliphatic rings. The zero-order valence-electron chi connectivity index (χ0n) is 13.6. The van der Waals surface area contributed by atoms with Gasteiger partial charge < -0.3 is 14.2 Å². The Hall–Kier alpha value is -1.12. The monoisotopic (exact) mass is 315 g/mol. The fourth-order valence-corrected chi connectivity index (χ4v) is 3.34. The highest BCUT2D eigenvalue weighted by atomic mass is 28.3. The van der Waals surface area contributed by atoms with Crippen molar-refractivity contribution in [2.45, 2.75) is 38.8 Å². The Kier molecular flexibility index (Phi) is 4.42. The van der Waals surface area contributed by atoms with E-state index in [9.17, 15) is 0 Å². The van der Waals surface area contributed by atoms with E-state index < -0.39 is 14.8 Å². The van der Waals surface area contributed by atoms with Crippen LogP contribution in [0.1, 0.15) is 30.9 Å². The molecular weight excluding hydrogens is 292 g/mol. The van der Waals surface area contributed by atoms with Gasteiger partial charge in [0.25, 0.3) is 0 Å². The van der Waals surface area contributed by atoms with E-state index in [0.717, 1.165) is 24.0 Å². The van der Waals surface area contributed by atoms with Crippen molar-refractivity contribution in [1.29, 1.82) is 0 Å². The minimum atomic E-state index is -1.01. The molecule has 0 amide bonds. The predicted octanol–water partition coefficient (Wildman–Crippen LogP) is 3.31. The normalized spacial score (nSPS) is 30.2. The van der Waals surface area contributed by atoms with Crippen molar-refractivity contribution in [3.05, 3.63) is 35.4 Å². The molecule has 0 aromatic heterocycles. The molecule has 1 radical (unpaired) electrons. The smallest absolute Gasteiger partial charge is 0.312 e. The molecule has 2 bridgehead atoms. The Morgan fingerprint density at radius 1 is 1.05 bits per heavy atom. The molecule has 3 nitrogen and oxygen atoms in total. The maximum Gasteiger partial charge on any atom is 0.312 e. The number of benzene rings is 1. The molecule has 4 rings (SSSR count). The summed E-state index contributed by atoms with van der Waals surface area (Å²) in [5, 5.41) is 0. The highest BCUT2D eigenvalue weighted by molar-refractivity contribution is 6.64. The molecule has 0 N–H and O–H groups in total. The summed E-state index contributed by atoms with van der Waals surface area (Å²) in [6, 6.07) is 8.03. The summed E-state index contributed by atoms with van der Waals surface area (Å²) in [4.78, 5) is 0. The quantitative estimate of drug-likeness (QED) is 0.633. The minimum Gasteiger partial charge on any atom is -0.323 e. The van der Waals surface area contributed by atoms with Crippen LogP contribution in [0.15, 0.2) is 24.3 Å². The Labute approximate surface area is 134 Å². The van der Waals surface area contributed by atoms with Crippen molar-refractivity contribution in [3.63, 3.8) is 0 Å². The number of hydrogen-bond donors (Lipinski definition) is 0. The van der Waals surface area contributed by atoms with E-state index in [0.29, 0.717) is 19.8 Å². The zero-order valence-corrected chi connectivity index (χ0v) is 14.6. The Balaban J connectivity index is 1.75. The van der Waals surface area contributed by atoms with Crippen LogP contribution in [-0.4, -0.2) is 28.6 Å². The molecule has 117 valence electrons. The highest BCUT2D eigenvalue weighted by Gasteiger charge is 2.53. The molecule has 1 aromatic carbocycles. The van der Waals surface area contributed by atoms with Crippen LogP contribution in [0.3, 0.4) is 0 Å². The minimum absolute atomic E-state index is 0.0442. The van der Waals surface area contributed by atoms with E-state index >= 15 is 0 Å². The first kappa shape index (κ1) is 15.8. The molecule has 3 saturated heterocycles. The van der Waals surface area contributed by atoms with Gasteiger partial charge in [0.05, 0.1) is 19.8 Å². The predicted molar refractivity (Wildman–Crippen MR) is 87.7 cm³/mol. The van der Waals surface area contributed by atoms with Crippen LogP contribution in [0.5, 0.6) is 0 Å². The second-order valence-corrected chi connectivity index (χ2v) is 8.75. The van der Waals surface area contributed by atoms with Gasteiger partial charge in [-0.25, -0.2) is 0 Å². The average molecular weight is 315 g/mol. The SMILES string of the molecule is CCCC12COC(c3ccc(C#C[Si](C)C)cc3)(OC1)OC2. The summed E-state index contributed by atoms with van der Waals surface area (Å²) in [6.45, 7) is 8.68. The summed E-state index contributed by atoms with van der Waals surface area (Å²) in [6.07, 6.45) is 2.20. The van der Waals surface area contributed by atoms with Gasteiger partial charge in [0.2, 0.25) is 0 Å². The summed E-state index contributed by atoms with van der Waals surface area (Å²) >= 11 is 0. The Morgan fingerprint density at radius 2 is 1.64 bits per heavy atom. The highest BCUT2D eigenvalue weighted by Crippen LogP contribution is 2.46. The van der Waals surface area contributed by atoms with Crippen LogP contribution in [0.25, 0.3) is 0 Å². The largest absolute Gasteiger partial charge is 0.323 e. The molecule has 4 heteroatoms. The van der Waals surface area contributed by atoms with Gasteiger partial charge in [0, 0.05) is 16.5 Å². The molecule has 1 aromatic rings. The number of rotatable bonds is 3. The number of fused-ring (bicyclic) bond motifs is 3. The first-order chi connectivity index (χ1) is 10.6. The summed E-state index contributed by atoms with van der Waals surface area (Å²) < 4.78 is 17.9. The van der Waals surface area contributed by atoms with Crippen LogP contribution in [0.4, 0.5) is 0 Å². The van der Waals surface area contributed by atoms with E-state index in [4.69, 9.17) is 14.2 Å². The lowest BCUT2D eigenvalue weighted by Crippen LogP contribution is -2.58. The third-order valence-electron chi connectivity index (χ3n) is 4.18. The molecule has 3 heterocycles. The second-order valence-electron chi connectivity index (χ2n) is 6.50. The number of ether oxygens (including phenoxy) is 3. The topological polar surface area (TPSA) is 27.7 Å². The first-order valence-corrected chi connectivity index (χ1v) is 10.4. The van der Waals surface area contributed by atoms with Gasteiger partial charge in [-0.2, -0.15) is 0 Å². The molecule has 0 unspecified atom stereocenters. The van der Waals surface area contributed by atoms with Crippen LogP contribution in [0, 0.1) is 16.9 Å². The fourth-order valence-electron chi connectivity index (χ4n) is 2.95. The molecule has 0 spiro atoms. The summed E-state index contributed by atoms with van der Waals surface area (Å²) in [7, 11) is -0.520. The maximum absolute atomic E-state index is 5.97. The standard InChI is InChI=1S/C18H23O3Si/c1-4-10-17-12-19-18(20-13-17,21-14-17)16-7-5-15(6-8-16)9-11-22(2)3/h5-8H,4,10,12-14H2,1-3H3. The molecular formula is C18H23O3Si. The van der Waals surface area contributed by atoms with E-state index in [1.165, 1.54) is 0 Å². The molecule has 0 saturated carbocycles. The lowest BCUT2D eigenvalue weighted by atomic mass is 9.83. The van der Waals surface area contributed by atoms with Crippen molar-refractivity contribution >= 4 is 8.80 Å². The second kappa shape index (κ2) is 6.17. The van der Waals surface area contributed by atoms with Crippen molar-refractivity contribution in [2.75, 3.05) is 19.8 Å². The molecule has 3 aliphatic heterocycles. The van der Waals surface area contributed by atoms with Crippen molar-refractivity contribution in [3.8, 4) is 11.5 Å². The molecule has 22 heavy (non-hydrogen) atoms. The molecule has 0 aliphatic carbocycles. The van der Waals surface area contributed by atoms with Gasteiger partial charge >= 0.3 is 5.97 Å². The zero-order chi connectivity index (χ0) is 15.6. The van der Waals surface area contributed by atoms with E-state index in [1.807, 2.05) is 24.3 Å². The van der Waals surface area contributed by atoms with Crippen LogP contribution < -0.4 is 0 Å². The van der Waals surface area contributed by atoms with E-state index in [1.54, 1.807) is 0 Å². The number of hydrogen-bond acceptors (Lipinski definition) is 3. The average Bonchev–Trinajstić information content (AvgIpc) is 2.55. The fraction of sp³-hybridized carbons (Fsp3) is 0.556. The third-order valence-corrected chi connectivity index (χ3v) is 4.81. The first-order valence-electron chi connectivity index (χ1n) is 7.92. The van der Waals surface area contributed by atoms with Gasteiger partial charge in [-0.1, -0.05) is 32.4 Å². The van der Waals surface area contributed by atoms with Gasteiger partial charge in [0.1, 0.15) is 8.80 Å². The van der Waals surface area contributed by atoms with Gasteiger partial charge in [-0.3, -0.25) is 0 Å². The Morgan fingerprint density at radius 3 is 2.14 bits per heavy atom. The summed E-state index contributed by atoms with van der Waals surface area (Å²) in [5.74, 6) is 2.20. The molecule has 0 atom stereocenters. The lowest BCUT2D eigenvalue weighted by Gasteiger charge is -2.51. The van der Waals surface area contributed by atoms with E-state index in [-0.39, 0.29) is 5.41 Å². The van der Waals surface area contributed by atoms with Gasteiger partial charge in [-0.15, -0.1) is 5.54 Å². The van der Waals surface area contributed by atoms with E-state index in [2.05, 4.69) is 31.5 Å². The van der Waals surface area contributed by atoms with Crippen molar-refractivity contribution < 1.29 is 14.2 Å².